The van der Waals surface area contributed by atoms with Crippen molar-refractivity contribution in [1.82, 2.24) is 0 Å². The maximum absolute atomic E-state index is 12.5. The van der Waals surface area contributed by atoms with Gasteiger partial charge in [0.25, 0.3) is 0 Å². The highest BCUT2D eigenvalue weighted by atomic mass is 16.5. The highest BCUT2D eigenvalue weighted by molar-refractivity contribution is 5.97. The molecular weight excluding hydrogens is 436 g/mol. The molecule has 0 aliphatic carbocycles. The fraction of sp³-hybridized carbons (Fsp3) is 0.296. The summed E-state index contributed by atoms with van der Waals surface area (Å²) in [5.74, 6) is -0.0165. The maximum atomic E-state index is 12.5. The average Bonchev–Trinajstić information content (AvgIpc) is 2.87. The van der Waals surface area contributed by atoms with Crippen LogP contribution in [0.15, 0.2) is 60.7 Å². The zero-order chi connectivity index (χ0) is 24.3. The normalized spacial score (nSPS) is 10.5. The molecule has 34 heavy (non-hydrogen) atoms. The van der Waals surface area contributed by atoms with E-state index in [0.29, 0.717) is 36.5 Å². The Hall–Kier alpha value is -3.87. The van der Waals surface area contributed by atoms with Gasteiger partial charge in [0.15, 0.2) is 0 Å². The van der Waals surface area contributed by atoms with Crippen molar-refractivity contribution in [2.24, 2.45) is 0 Å². The summed E-state index contributed by atoms with van der Waals surface area (Å²) in [4.78, 5) is 35.1. The Bertz CT molecular complexity index is 1140. The quantitative estimate of drug-likeness (QED) is 0.215. The first-order valence-corrected chi connectivity index (χ1v) is 11.2. The number of fused-ring (bicyclic) bond motifs is 1. The first-order chi connectivity index (χ1) is 16.5. The lowest BCUT2D eigenvalue weighted by Gasteiger charge is -2.09. The summed E-state index contributed by atoms with van der Waals surface area (Å²) in [6, 6.07) is 17.2. The molecular formula is C27H28O7. The van der Waals surface area contributed by atoms with Gasteiger partial charge in [-0.3, -0.25) is 4.79 Å². The predicted octanol–water partition coefficient (Wildman–Crippen LogP) is 5.35. The third-order valence-corrected chi connectivity index (χ3v) is 5.14. The number of methoxy groups -OCH3 is 1. The first kappa shape index (κ1) is 24.8. The first-order valence-electron chi connectivity index (χ1n) is 11.2. The highest BCUT2D eigenvalue weighted by Crippen LogP contribution is 2.23. The Labute approximate surface area is 198 Å². The highest BCUT2D eigenvalue weighted by Gasteiger charge is 2.11. The fourth-order valence-electron chi connectivity index (χ4n) is 3.24. The minimum Gasteiger partial charge on any atom is -0.494 e. The molecule has 3 aromatic rings. The molecule has 3 aromatic carbocycles. The molecule has 0 aliphatic heterocycles. The maximum Gasteiger partial charge on any atom is 0.343 e. The third kappa shape index (κ3) is 7.07. The summed E-state index contributed by atoms with van der Waals surface area (Å²) >= 11 is 0. The van der Waals surface area contributed by atoms with Crippen molar-refractivity contribution in [3.8, 4) is 11.5 Å². The molecule has 0 radical (unpaired) electrons. The van der Waals surface area contributed by atoms with Crippen LogP contribution in [-0.2, 0) is 14.3 Å². The SMILES string of the molecule is CCC(=O)OCCCCCOc1ccc2cc(C(=O)Oc3ccc(C(=O)OC)cc3)ccc2c1. The molecule has 3 rings (SSSR count). The molecule has 0 aliphatic rings. The van der Waals surface area contributed by atoms with E-state index in [-0.39, 0.29) is 5.97 Å². The molecule has 0 fully saturated rings. The van der Waals surface area contributed by atoms with Crippen LogP contribution in [0.3, 0.4) is 0 Å². The Morgan fingerprint density at radius 1 is 0.706 bits per heavy atom. The minimum absolute atomic E-state index is 0.168. The van der Waals surface area contributed by atoms with Crippen molar-refractivity contribution < 1.29 is 33.3 Å². The van der Waals surface area contributed by atoms with Gasteiger partial charge in [0, 0.05) is 6.42 Å². The largest absolute Gasteiger partial charge is 0.494 e. The van der Waals surface area contributed by atoms with Gasteiger partial charge in [-0.05, 0) is 78.6 Å². The van der Waals surface area contributed by atoms with E-state index >= 15 is 0 Å². The van der Waals surface area contributed by atoms with Gasteiger partial charge < -0.3 is 18.9 Å². The molecule has 0 aromatic heterocycles. The second kappa shape index (κ2) is 12.4. The molecule has 0 saturated carbocycles. The van der Waals surface area contributed by atoms with Crippen molar-refractivity contribution >= 4 is 28.7 Å². The van der Waals surface area contributed by atoms with Crippen LogP contribution in [-0.4, -0.2) is 38.2 Å². The fourth-order valence-corrected chi connectivity index (χ4v) is 3.24. The van der Waals surface area contributed by atoms with Crippen LogP contribution in [0.4, 0.5) is 0 Å². The van der Waals surface area contributed by atoms with Crippen molar-refractivity contribution in [2.75, 3.05) is 20.3 Å². The molecule has 0 amide bonds. The summed E-state index contributed by atoms with van der Waals surface area (Å²) in [7, 11) is 1.31. The molecule has 7 heteroatoms. The number of carbonyl (C=O) groups excluding carboxylic acids is 3. The number of unbranched alkanes of at least 4 members (excludes halogenated alkanes) is 2. The van der Waals surface area contributed by atoms with Crippen molar-refractivity contribution in [1.29, 1.82) is 0 Å². The minimum atomic E-state index is -0.488. The molecule has 0 heterocycles. The van der Waals surface area contributed by atoms with Gasteiger partial charge in [-0.25, -0.2) is 9.59 Å². The van der Waals surface area contributed by atoms with Crippen molar-refractivity contribution in [3.05, 3.63) is 71.8 Å². The molecule has 0 spiro atoms. The molecule has 0 N–H and O–H groups in total. The van der Waals surface area contributed by atoms with Gasteiger partial charge in [0.05, 0.1) is 31.5 Å². The van der Waals surface area contributed by atoms with Crippen LogP contribution in [0.1, 0.15) is 53.3 Å². The summed E-state index contributed by atoms with van der Waals surface area (Å²) in [5.41, 5.74) is 0.797. The van der Waals surface area contributed by atoms with Gasteiger partial charge >= 0.3 is 17.9 Å². The molecule has 0 unspecified atom stereocenters. The number of hydrogen-bond donors (Lipinski definition) is 0. The molecule has 178 valence electrons. The predicted molar refractivity (Wildman–Crippen MR) is 127 cm³/mol. The summed E-state index contributed by atoms with van der Waals surface area (Å²) in [6.07, 6.45) is 3.01. The van der Waals surface area contributed by atoms with E-state index in [1.54, 1.807) is 31.2 Å². The van der Waals surface area contributed by atoms with Crippen LogP contribution in [0.2, 0.25) is 0 Å². The van der Waals surface area contributed by atoms with Crippen molar-refractivity contribution in [3.63, 3.8) is 0 Å². The van der Waals surface area contributed by atoms with Crippen LogP contribution in [0.25, 0.3) is 10.8 Å². The number of benzene rings is 3. The number of esters is 3. The Balaban J connectivity index is 1.51. The number of hydrogen-bond acceptors (Lipinski definition) is 7. The number of ether oxygens (including phenoxy) is 4. The lowest BCUT2D eigenvalue weighted by atomic mass is 10.1. The molecule has 0 atom stereocenters. The molecule has 0 bridgehead atoms. The van der Waals surface area contributed by atoms with E-state index in [4.69, 9.17) is 14.2 Å². The van der Waals surface area contributed by atoms with E-state index in [1.165, 1.54) is 19.2 Å². The molecule has 0 saturated heterocycles. The zero-order valence-corrected chi connectivity index (χ0v) is 19.4. The summed E-state index contributed by atoms with van der Waals surface area (Å²) in [6.45, 7) is 2.81. The third-order valence-electron chi connectivity index (χ3n) is 5.14. The van der Waals surface area contributed by atoms with Gasteiger partial charge in [-0.15, -0.1) is 0 Å². The van der Waals surface area contributed by atoms with Gasteiger partial charge in [-0.1, -0.05) is 19.1 Å². The smallest absolute Gasteiger partial charge is 0.343 e. The van der Waals surface area contributed by atoms with E-state index in [0.717, 1.165) is 35.8 Å². The van der Waals surface area contributed by atoms with Crippen LogP contribution in [0.5, 0.6) is 11.5 Å². The second-order valence-electron chi connectivity index (χ2n) is 7.61. The van der Waals surface area contributed by atoms with Gasteiger partial charge in [-0.2, -0.15) is 0 Å². The Morgan fingerprint density at radius 2 is 1.35 bits per heavy atom. The summed E-state index contributed by atoms with van der Waals surface area (Å²) in [5, 5.41) is 1.84. The van der Waals surface area contributed by atoms with E-state index in [9.17, 15) is 14.4 Å². The average molecular weight is 465 g/mol. The lowest BCUT2D eigenvalue weighted by molar-refractivity contribution is -0.143. The van der Waals surface area contributed by atoms with E-state index < -0.39 is 11.9 Å². The van der Waals surface area contributed by atoms with Gasteiger partial charge in [0.1, 0.15) is 11.5 Å². The van der Waals surface area contributed by atoms with E-state index in [2.05, 4.69) is 4.74 Å². The second-order valence-corrected chi connectivity index (χ2v) is 7.61. The zero-order valence-electron chi connectivity index (χ0n) is 19.4. The Morgan fingerprint density at radius 3 is 2.09 bits per heavy atom. The van der Waals surface area contributed by atoms with Crippen LogP contribution < -0.4 is 9.47 Å². The lowest BCUT2D eigenvalue weighted by Crippen LogP contribution is -2.08. The van der Waals surface area contributed by atoms with E-state index in [1.807, 2.05) is 24.3 Å². The monoisotopic (exact) mass is 464 g/mol. The summed E-state index contributed by atoms with van der Waals surface area (Å²) < 4.78 is 20.9. The molecule has 7 nitrogen and oxygen atoms in total. The Kier molecular flexibility index (Phi) is 9.03. The number of carbonyl (C=O) groups is 3. The standard InChI is InChI=1S/C27H28O7/c1-3-25(28)33-16-6-4-5-15-32-24-14-11-20-17-22(8-7-21(20)18-24)27(30)34-23-12-9-19(10-13-23)26(29)31-2/h7-14,17-18H,3-6,15-16H2,1-2H3. The number of rotatable bonds is 11. The topological polar surface area (TPSA) is 88.1 Å². The van der Waals surface area contributed by atoms with Gasteiger partial charge in [0.2, 0.25) is 0 Å². The van der Waals surface area contributed by atoms with Crippen LogP contribution >= 0.6 is 0 Å². The van der Waals surface area contributed by atoms with Crippen LogP contribution in [0, 0.1) is 0 Å². The van der Waals surface area contributed by atoms with Crippen molar-refractivity contribution in [2.45, 2.75) is 32.6 Å².